The standard InChI is InChI=1S/C9H15N3O/c1-12-7-5-3-2-4-6-8(13)9(7)10-11-12/h8,13H,2-6H2,1H3. The van der Waals surface area contributed by atoms with E-state index in [0.29, 0.717) is 0 Å². The highest BCUT2D eigenvalue weighted by Crippen LogP contribution is 2.25. The van der Waals surface area contributed by atoms with Crippen LogP contribution in [0.3, 0.4) is 0 Å². The topological polar surface area (TPSA) is 50.9 Å². The lowest BCUT2D eigenvalue weighted by Crippen LogP contribution is -2.08. The molecule has 1 heterocycles. The molecule has 0 spiro atoms. The zero-order valence-corrected chi connectivity index (χ0v) is 7.90. The molecule has 1 unspecified atom stereocenters. The Morgan fingerprint density at radius 1 is 1.38 bits per heavy atom. The maximum atomic E-state index is 9.76. The molecule has 0 aromatic carbocycles. The van der Waals surface area contributed by atoms with E-state index in [9.17, 15) is 5.11 Å². The van der Waals surface area contributed by atoms with Gasteiger partial charge in [-0.2, -0.15) is 0 Å². The molecule has 1 aromatic rings. The largest absolute Gasteiger partial charge is 0.387 e. The second-order valence-corrected chi connectivity index (χ2v) is 3.66. The van der Waals surface area contributed by atoms with Crippen LogP contribution in [-0.4, -0.2) is 20.1 Å². The summed E-state index contributed by atoms with van der Waals surface area (Å²) >= 11 is 0. The van der Waals surface area contributed by atoms with Crippen LogP contribution < -0.4 is 0 Å². The Labute approximate surface area is 77.6 Å². The molecule has 1 aromatic heterocycles. The summed E-state index contributed by atoms with van der Waals surface area (Å²) in [6, 6.07) is 0. The molecule has 1 aliphatic rings. The third-order valence-corrected chi connectivity index (χ3v) is 2.68. The minimum atomic E-state index is -0.399. The third-order valence-electron chi connectivity index (χ3n) is 2.68. The van der Waals surface area contributed by atoms with Gasteiger partial charge in [-0.05, 0) is 19.3 Å². The second kappa shape index (κ2) is 3.46. The number of aromatic nitrogens is 3. The number of hydrogen-bond acceptors (Lipinski definition) is 3. The monoisotopic (exact) mass is 181 g/mol. The normalized spacial score (nSPS) is 23.4. The van der Waals surface area contributed by atoms with Crippen molar-refractivity contribution in [3.8, 4) is 0 Å². The summed E-state index contributed by atoms with van der Waals surface area (Å²) in [5.41, 5.74) is 1.90. The first-order valence-corrected chi connectivity index (χ1v) is 4.85. The van der Waals surface area contributed by atoms with Crippen LogP contribution in [0.1, 0.15) is 43.2 Å². The number of aryl methyl sites for hydroxylation is 1. The lowest BCUT2D eigenvalue weighted by atomic mass is 9.99. The van der Waals surface area contributed by atoms with Crippen LogP contribution in [0.15, 0.2) is 0 Å². The van der Waals surface area contributed by atoms with Gasteiger partial charge in [0.2, 0.25) is 0 Å². The fraction of sp³-hybridized carbons (Fsp3) is 0.778. The first-order chi connectivity index (χ1) is 6.29. The summed E-state index contributed by atoms with van der Waals surface area (Å²) < 4.78 is 1.78. The Balaban J connectivity index is 2.33. The van der Waals surface area contributed by atoms with Crippen molar-refractivity contribution in [2.24, 2.45) is 7.05 Å². The molecule has 0 aliphatic heterocycles. The van der Waals surface area contributed by atoms with Crippen molar-refractivity contribution < 1.29 is 5.11 Å². The van der Waals surface area contributed by atoms with Gasteiger partial charge in [0.05, 0.1) is 11.8 Å². The van der Waals surface area contributed by atoms with E-state index in [1.807, 2.05) is 7.05 Å². The predicted octanol–water partition coefficient (Wildman–Crippen LogP) is 0.965. The van der Waals surface area contributed by atoms with Crippen molar-refractivity contribution in [2.45, 2.75) is 38.2 Å². The highest BCUT2D eigenvalue weighted by molar-refractivity contribution is 5.13. The predicted molar refractivity (Wildman–Crippen MR) is 48.1 cm³/mol. The Hall–Kier alpha value is -0.900. The van der Waals surface area contributed by atoms with Crippen LogP contribution in [0, 0.1) is 0 Å². The van der Waals surface area contributed by atoms with E-state index in [1.165, 1.54) is 12.8 Å². The van der Waals surface area contributed by atoms with E-state index in [2.05, 4.69) is 10.3 Å². The van der Waals surface area contributed by atoms with Gasteiger partial charge in [-0.3, -0.25) is 4.68 Å². The second-order valence-electron chi connectivity index (χ2n) is 3.66. The molecule has 0 bridgehead atoms. The quantitative estimate of drug-likeness (QED) is 0.648. The molecule has 13 heavy (non-hydrogen) atoms. The van der Waals surface area contributed by atoms with Crippen LogP contribution in [0.2, 0.25) is 0 Å². The van der Waals surface area contributed by atoms with Crippen LogP contribution >= 0.6 is 0 Å². The van der Waals surface area contributed by atoms with Gasteiger partial charge in [-0.1, -0.05) is 18.1 Å². The molecular weight excluding hydrogens is 166 g/mol. The third kappa shape index (κ3) is 1.58. The number of nitrogens with zero attached hydrogens (tertiary/aromatic N) is 3. The lowest BCUT2D eigenvalue weighted by Gasteiger charge is -2.13. The van der Waals surface area contributed by atoms with Crippen LogP contribution in [0.25, 0.3) is 0 Å². The average Bonchev–Trinajstić information content (AvgIpc) is 2.43. The van der Waals surface area contributed by atoms with Gasteiger partial charge in [0.25, 0.3) is 0 Å². The van der Waals surface area contributed by atoms with E-state index in [1.54, 1.807) is 4.68 Å². The lowest BCUT2D eigenvalue weighted by molar-refractivity contribution is 0.155. The maximum Gasteiger partial charge on any atom is 0.114 e. The van der Waals surface area contributed by atoms with Crippen molar-refractivity contribution in [2.75, 3.05) is 0 Å². The molecule has 1 atom stereocenters. The van der Waals surface area contributed by atoms with Crippen molar-refractivity contribution in [1.29, 1.82) is 0 Å². The van der Waals surface area contributed by atoms with Gasteiger partial charge in [0.15, 0.2) is 0 Å². The van der Waals surface area contributed by atoms with E-state index in [-0.39, 0.29) is 0 Å². The molecule has 4 nitrogen and oxygen atoms in total. The van der Waals surface area contributed by atoms with E-state index >= 15 is 0 Å². The maximum absolute atomic E-state index is 9.76. The fourth-order valence-corrected chi connectivity index (χ4v) is 1.89. The average molecular weight is 181 g/mol. The highest BCUT2D eigenvalue weighted by Gasteiger charge is 2.19. The van der Waals surface area contributed by atoms with E-state index < -0.39 is 6.10 Å². The summed E-state index contributed by atoms with van der Waals surface area (Å²) in [6.07, 6.45) is 4.89. The SMILES string of the molecule is Cn1nnc2c1CCCCCC2O. The van der Waals surface area contributed by atoms with Crippen LogP contribution in [0.4, 0.5) is 0 Å². The number of aliphatic hydroxyl groups is 1. The smallest absolute Gasteiger partial charge is 0.114 e. The van der Waals surface area contributed by atoms with E-state index in [4.69, 9.17) is 0 Å². The Morgan fingerprint density at radius 3 is 3.08 bits per heavy atom. The van der Waals surface area contributed by atoms with Crippen molar-refractivity contribution in [3.05, 3.63) is 11.4 Å². The number of rotatable bonds is 0. The molecule has 0 saturated heterocycles. The first-order valence-electron chi connectivity index (χ1n) is 4.85. The minimum absolute atomic E-state index is 0.399. The summed E-state index contributed by atoms with van der Waals surface area (Å²) in [5, 5.41) is 17.7. The molecule has 72 valence electrons. The van der Waals surface area contributed by atoms with Crippen LogP contribution in [0.5, 0.6) is 0 Å². The van der Waals surface area contributed by atoms with Crippen molar-refractivity contribution in [1.82, 2.24) is 15.0 Å². The summed E-state index contributed by atoms with van der Waals surface area (Å²) in [5.74, 6) is 0. The zero-order valence-electron chi connectivity index (χ0n) is 7.90. The van der Waals surface area contributed by atoms with Crippen LogP contribution in [-0.2, 0) is 13.5 Å². The summed E-state index contributed by atoms with van der Waals surface area (Å²) in [4.78, 5) is 0. The molecule has 1 aliphatic carbocycles. The molecule has 0 fully saturated rings. The Kier molecular flexibility index (Phi) is 2.31. The van der Waals surface area contributed by atoms with Gasteiger partial charge in [0, 0.05) is 7.05 Å². The molecule has 0 radical (unpaired) electrons. The molecule has 4 heteroatoms. The fourth-order valence-electron chi connectivity index (χ4n) is 1.89. The Morgan fingerprint density at radius 2 is 2.23 bits per heavy atom. The molecule has 0 saturated carbocycles. The van der Waals surface area contributed by atoms with Gasteiger partial charge in [-0.15, -0.1) is 5.10 Å². The molecule has 0 amide bonds. The summed E-state index contributed by atoms with van der Waals surface area (Å²) in [7, 11) is 1.89. The van der Waals surface area contributed by atoms with Gasteiger partial charge >= 0.3 is 0 Å². The Bertz CT molecular complexity index is 295. The van der Waals surface area contributed by atoms with Gasteiger partial charge in [-0.25, -0.2) is 0 Å². The molecule has 1 N–H and O–H groups in total. The van der Waals surface area contributed by atoms with Crippen molar-refractivity contribution >= 4 is 0 Å². The zero-order chi connectivity index (χ0) is 9.26. The number of aliphatic hydroxyl groups excluding tert-OH is 1. The minimum Gasteiger partial charge on any atom is -0.387 e. The van der Waals surface area contributed by atoms with Gasteiger partial charge < -0.3 is 5.11 Å². The first kappa shape index (κ1) is 8.69. The highest BCUT2D eigenvalue weighted by atomic mass is 16.3. The van der Waals surface area contributed by atoms with E-state index in [0.717, 1.165) is 30.7 Å². The number of fused-ring (bicyclic) bond motifs is 1. The molecule has 2 rings (SSSR count). The van der Waals surface area contributed by atoms with Gasteiger partial charge in [0.1, 0.15) is 5.69 Å². The number of hydrogen-bond donors (Lipinski definition) is 1. The molecular formula is C9H15N3O. The van der Waals surface area contributed by atoms with Crippen molar-refractivity contribution in [3.63, 3.8) is 0 Å². The summed E-state index contributed by atoms with van der Waals surface area (Å²) in [6.45, 7) is 0.